The van der Waals surface area contributed by atoms with Crippen molar-refractivity contribution < 1.29 is 4.79 Å². The molecule has 1 unspecified atom stereocenters. The minimum Gasteiger partial charge on any atom is -0.342 e. The van der Waals surface area contributed by atoms with E-state index in [0.29, 0.717) is 18.6 Å². The molecule has 100 valence electrons. The van der Waals surface area contributed by atoms with E-state index >= 15 is 0 Å². The maximum atomic E-state index is 12.0. The molecule has 0 aliphatic carbocycles. The van der Waals surface area contributed by atoms with Crippen molar-refractivity contribution in [3.05, 3.63) is 0 Å². The van der Waals surface area contributed by atoms with Crippen LogP contribution in [0.1, 0.15) is 33.6 Å². The lowest BCUT2D eigenvalue weighted by Crippen LogP contribution is -2.49. The molecule has 0 aromatic heterocycles. The standard InChI is InChI=1S/C13H27N3O/c1-10(2)16-7-5-12(6-8-16)15(4)13(17)11(3)9-14/h10-12H,5-9,14H2,1-4H3. The van der Waals surface area contributed by atoms with Crippen LogP contribution in [0, 0.1) is 5.92 Å². The molecule has 4 heteroatoms. The number of amides is 1. The van der Waals surface area contributed by atoms with Crippen LogP contribution in [-0.4, -0.2) is 54.5 Å². The predicted molar refractivity (Wildman–Crippen MR) is 70.7 cm³/mol. The van der Waals surface area contributed by atoms with Gasteiger partial charge in [0.2, 0.25) is 5.91 Å². The number of hydrogen-bond donors (Lipinski definition) is 1. The molecule has 1 aliphatic rings. The molecule has 0 spiro atoms. The molecule has 1 atom stereocenters. The third kappa shape index (κ3) is 3.68. The Bertz CT molecular complexity index is 247. The highest BCUT2D eigenvalue weighted by molar-refractivity contribution is 5.78. The second-order valence-corrected chi connectivity index (χ2v) is 5.45. The van der Waals surface area contributed by atoms with Gasteiger partial charge in [0.15, 0.2) is 0 Å². The fourth-order valence-electron chi connectivity index (χ4n) is 2.42. The average Bonchev–Trinajstić information content (AvgIpc) is 2.36. The first-order chi connectivity index (χ1) is 7.97. The highest BCUT2D eigenvalue weighted by Crippen LogP contribution is 2.18. The average molecular weight is 241 g/mol. The van der Waals surface area contributed by atoms with Crippen molar-refractivity contribution in [2.45, 2.75) is 45.7 Å². The number of carbonyl (C=O) groups is 1. The van der Waals surface area contributed by atoms with Crippen molar-refractivity contribution in [3.63, 3.8) is 0 Å². The molecule has 1 rings (SSSR count). The number of likely N-dealkylation sites (tertiary alicyclic amines) is 1. The Balaban J connectivity index is 2.45. The predicted octanol–water partition coefficient (Wildman–Crippen LogP) is 0.912. The molecular weight excluding hydrogens is 214 g/mol. The first kappa shape index (κ1) is 14.5. The zero-order valence-electron chi connectivity index (χ0n) is 11.6. The summed E-state index contributed by atoms with van der Waals surface area (Å²) in [6.45, 7) is 8.99. The van der Waals surface area contributed by atoms with Crippen molar-refractivity contribution in [2.24, 2.45) is 11.7 Å². The number of nitrogens with zero attached hydrogens (tertiary/aromatic N) is 2. The van der Waals surface area contributed by atoms with Crippen molar-refractivity contribution in [1.82, 2.24) is 9.80 Å². The van der Waals surface area contributed by atoms with Crippen molar-refractivity contribution in [1.29, 1.82) is 0 Å². The third-order valence-electron chi connectivity index (χ3n) is 3.90. The van der Waals surface area contributed by atoms with Crippen molar-refractivity contribution in [3.8, 4) is 0 Å². The van der Waals surface area contributed by atoms with E-state index in [-0.39, 0.29) is 11.8 Å². The zero-order valence-corrected chi connectivity index (χ0v) is 11.6. The van der Waals surface area contributed by atoms with Gasteiger partial charge in [-0.25, -0.2) is 0 Å². The van der Waals surface area contributed by atoms with Crippen LogP contribution < -0.4 is 5.73 Å². The Morgan fingerprint density at radius 3 is 2.29 bits per heavy atom. The zero-order chi connectivity index (χ0) is 13.0. The van der Waals surface area contributed by atoms with E-state index in [1.165, 1.54) is 0 Å². The van der Waals surface area contributed by atoms with Crippen LogP contribution in [0.15, 0.2) is 0 Å². The monoisotopic (exact) mass is 241 g/mol. The number of carbonyl (C=O) groups excluding carboxylic acids is 1. The highest BCUT2D eigenvalue weighted by atomic mass is 16.2. The van der Waals surface area contributed by atoms with E-state index in [4.69, 9.17) is 5.73 Å². The van der Waals surface area contributed by atoms with Gasteiger partial charge >= 0.3 is 0 Å². The summed E-state index contributed by atoms with van der Waals surface area (Å²) < 4.78 is 0. The maximum absolute atomic E-state index is 12.0. The SMILES string of the molecule is CC(CN)C(=O)N(C)C1CCN(C(C)C)CC1. The lowest BCUT2D eigenvalue weighted by Gasteiger charge is -2.39. The summed E-state index contributed by atoms with van der Waals surface area (Å²) in [5, 5.41) is 0. The second kappa shape index (κ2) is 6.36. The van der Waals surface area contributed by atoms with Crippen LogP contribution in [0.4, 0.5) is 0 Å². The molecule has 0 aromatic rings. The lowest BCUT2D eigenvalue weighted by atomic mass is 10.0. The lowest BCUT2D eigenvalue weighted by molar-refractivity contribution is -0.136. The quantitative estimate of drug-likeness (QED) is 0.796. The molecule has 0 aromatic carbocycles. The molecule has 0 bridgehead atoms. The van der Waals surface area contributed by atoms with E-state index in [1.807, 2.05) is 18.9 Å². The maximum Gasteiger partial charge on any atom is 0.226 e. The van der Waals surface area contributed by atoms with E-state index in [9.17, 15) is 4.79 Å². The van der Waals surface area contributed by atoms with Crippen LogP contribution in [0.5, 0.6) is 0 Å². The Hall–Kier alpha value is -0.610. The van der Waals surface area contributed by atoms with Gasteiger partial charge in [-0.3, -0.25) is 4.79 Å². The smallest absolute Gasteiger partial charge is 0.226 e. The number of hydrogen-bond acceptors (Lipinski definition) is 3. The fourth-order valence-corrected chi connectivity index (χ4v) is 2.42. The molecule has 0 radical (unpaired) electrons. The topological polar surface area (TPSA) is 49.6 Å². The Kier molecular flexibility index (Phi) is 5.40. The van der Waals surface area contributed by atoms with E-state index < -0.39 is 0 Å². The van der Waals surface area contributed by atoms with Crippen LogP contribution in [0.2, 0.25) is 0 Å². The Morgan fingerprint density at radius 2 is 1.88 bits per heavy atom. The van der Waals surface area contributed by atoms with Crippen LogP contribution >= 0.6 is 0 Å². The van der Waals surface area contributed by atoms with Gasteiger partial charge in [-0.05, 0) is 26.7 Å². The normalized spacial score (nSPS) is 20.6. The van der Waals surface area contributed by atoms with Crippen molar-refractivity contribution in [2.75, 3.05) is 26.7 Å². The summed E-state index contributed by atoms with van der Waals surface area (Å²) in [4.78, 5) is 16.4. The molecule has 1 fully saturated rings. The second-order valence-electron chi connectivity index (χ2n) is 5.45. The number of nitrogens with two attached hydrogens (primary N) is 1. The minimum atomic E-state index is -0.0527. The molecule has 4 nitrogen and oxygen atoms in total. The Labute approximate surface area is 105 Å². The van der Waals surface area contributed by atoms with E-state index in [2.05, 4.69) is 18.7 Å². The molecular formula is C13H27N3O. The molecule has 1 aliphatic heterocycles. The third-order valence-corrected chi connectivity index (χ3v) is 3.90. The molecule has 0 saturated carbocycles. The van der Waals surface area contributed by atoms with E-state index in [0.717, 1.165) is 25.9 Å². The Morgan fingerprint density at radius 1 is 1.35 bits per heavy atom. The summed E-state index contributed by atoms with van der Waals surface area (Å²) in [6.07, 6.45) is 2.16. The van der Waals surface area contributed by atoms with Crippen LogP contribution in [0.3, 0.4) is 0 Å². The fraction of sp³-hybridized carbons (Fsp3) is 0.923. The van der Waals surface area contributed by atoms with Crippen LogP contribution in [0.25, 0.3) is 0 Å². The highest BCUT2D eigenvalue weighted by Gasteiger charge is 2.27. The van der Waals surface area contributed by atoms with Gasteiger partial charge in [-0.1, -0.05) is 6.92 Å². The molecule has 17 heavy (non-hydrogen) atoms. The largest absolute Gasteiger partial charge is 0.342 e. The van der Waals surface area contributed by atoms with Gasteiger partial charge in [0, 0.05) is 44.7 Å². The molecule has 1 heterocycles. The van der Waals surface area contributed by atoms with Gasteiger partial charge in [-0.15, -0.1) is 0 Å². The van der Waals surface area contributed by atoms with Gasteiger partial charge in [-0.2, -0.15) is 0 Å². The summed E-state index contributed by atoms with van der Waals surface area (Å²) in [5.41, 5.74) is 5.55. The van der Waals surface area contributed by atoms with Gasteiger partial charge in [0.05, 0.1) is 0 Å². The number of piperidine rings is 1. The molecule has 1 amide bonds. The summed E-state index contributed by atoms with van der Waals surface area (Å²) in [5.74, 6) is 0.138. The van der Waals surface area contributed by atoms with E-state index in [1.54, 1.807) is 0 Å². The summed E-state index contributed by atoms with van der Waals surface area (Å²) in [7, 11) is 1.92. The summed E-state index contributed by atoms with van der Waals surface area (Å²) >= 11 is 0. The molecule has 1 saturated heterocycles. The van der Waals surface area contributed by atoms with Crippen LogP contribution in [-0.2, 0) is 4.79 Å². The first-order valence-corrected chi connectivity index (χ1v) is 6.68. The first-order valence-electron chi connectivity index (χ1n) is 6.68. The minimum absolute atomic E-state index is 0.0527. The number of rotatable bonds is 4. The van der Waals surface area contributed by atoms with Gasteiger partial charge < -0.3 is 15.5 Å². The van der Waals surface area contributed by atoms with Gasteiger partial charge in [0.25, 0.3) is 0 Å². The molecule has 2 N–H and O–H groups in total. The van der Waals surface area contributed by atoms with Gasteiger partial charge in [0.1, 0.15) is 0 Å². The van der Waals surface area contributed by atoms with Crippen molar-refractivity contribution >= 4 is 5.91 Å². The summed E-state index contributed by atoms with van der Waals surface area (Å²) in [6, 6.07) is 1.01.